The highest BCUT2D eigenvalue weighted by Crippen LogP contribution is 2.25. The van der Waals surface area contributed by atoms with Crippen LogP contribution in [0, 0.1) is 0 Å². The third kappa shape index (κ3) is 2.94. The van der Waals surface area contributed by atoms with Crippen LogP contribution in [0.25, 0.3) is 5.69 Å². The lowest BCUT2D eigenvalue weighted by Crippen LogP contribution is -2.12. The zero-order valence-electron chi connectivity index (χ0n) is 12.6. The van der Waals surface area contributed by atoms with Gasteiger partial charge in [-0.3, -0.25) is 9.36 Å². The first kappa shape index (κ1) is 16.3. The van der Waals surface area contributed by atoms with Crippen LogP contribution < -0.4 is 0 Å². The molecule has 0 saturated carbocycles. The molecule has 0 atom stereocenters. The molecule has 122 valence electrons. The van der Waals surface area contributed by atoms with E-state index in [9.17, 15) is 15.0 Å². The Morgan fingerprint density at radius 1 is 1.00 bits per heavy atom. The van der Waals surface area contributed by atoms with Gasteiger partial charge in [-0.2, -0.15) is 0 Å². The molecule has 3 aromatic rings. The molecule has 0 aliphatic rings. The van der Waals surface area contributed by atoms with E-state index in [1.807, 2.05) is 6.07 Å². The molecule has 24 heavy (non-hydrogen) atoms. The van der Waals surface area contributed by atoms with E-state index in [2.05, 4.69) is 10.2 Å². The Balaban J connectivity index is 2.21. The van der Waals surface area contributed by atoms with Gasteiger partial charge in [-0.15, -0.1) is 10.2 Å². The Hall–Kier alpha value is -2.54. The van der Waals surface area contributed by atoms with Gasteiger partial charge in [0.25, 0.3) is 0 Å². The van der Waals surface area contributed by atoms with Gasteiger partial charge in [0.2, 0.25) is 0 Å². The maximum absolute atomic E-state index is 12.9. The van der Waals surface area contributed by atoms with Crippen LogP contribution in [-0.4, -0.2) is 30.8 Å². The monoisotopic (exact) mass is 343 g/mol. The topological polar surface area (TPSA) is 88.2 Å². The van der Waals surface area contributed by atoms with Crippen molar-refractivity contribution in [2.45, 2.75) is 13.2 Å². The summed E-state index contributed by atoms with van der Waals surface area (Å²) in [5.74, 6) is 0.224. The molecule has 0 bridgehead atoms. The molecule has 2 aromatic carbocycles. The molecule has 3 rings (SSSR count). The van der Waals surface area contributed by atoms with Gasteiger partial charge in [-0.1, -0.05) is 41.9 Å². The maximum atomic E-state index is 12.9. The predicted molar refractivity (Wildman–Crippen MR) is 88.1 cm³/mol. The zero-order valence-corrected chi connectivity index (χ0v) is 13.3. The average molecular weight is 344 g/mol. The molecular weight excluding hydrogens is 330 g/mol. The number of halogens is 1. The van der Waals surface area contributed by atoms with Crippen molar-refractivity contribution in [1.29, 1.82) is 0 Å². The van der Waals surface area contributed by atoms with Crippen molar-refractivity contribution in [2.24, 2.45) is 0 Å². The summed E-state index contributed by atoms with van der Waals surface area (Å²) in [6.07, 6.45) is 0. The van der Waals surface area contributed by atoms with Crippen LogP contribution in [0.1, 0.15) is 27.6 Å². The van der Waals surface area contributed by atoms with E-state index >= 15 is 0 Å². The highest BCUT2D eigenvalue weighted by molar-refractivity contribution is 6.31. The first-order valence-corrected chi connectivity index (χ1v) is 7.58. The molecule has 7 heteroatoms. The summed E-state index contributed by atoms with van der Waals surface area (Å²) in [5.41, 5.74) is 1.29. The number of aromatic nitrogens is 3. The van der Waals surface area contributed by atoms with E-state index in [-0.39, 0.29) is 30.6 Å². The molecule has 1 aromatic heterocycles. The van der Waals surface area contributed by atoms with Gasteiger partial charge in [0.1, 0.15) is 13.2 Å². The second-order valence-corrected chi connectivity index (χ2v) is 5.48. The third-order valence-corrected chi connectivity index (χ3v) is 3.80. The van der Waals surface area contributed by atoms with E-state index < -0.39 is 0 Å². The quantitative estimate of drug-likeness (QED) is 0.693. The number of hydrogen-bond acceptors (Lipinski definition) is 5. The summed E-state index contributed by atoms with van der Waals surface area (Å²) in [7, 11) is 0. The van der Waals surface area contributed by atoms with Crippen molar-refractivity contribution < 1.29 is 15.0 Å². The van der Waals surface area contributed by atoms with E-state index in [4.69, 9.17) is 11.6 Å². The Bertz CT molecular complexity index is 857. The molecule has 0 fully saturated rings. The lowest BCUT2D eigenvalue weighted by Gasteiger charge is -2.13. The molecular formula is C17H14ClN3O3. The van der Waals surface area contributed by atoms with Gasteiger partial charge in [-0.05, 0) is 18.2 Å². The van der Waals surface area contributed by atoms with Crippen LogP contribution in [0.4, 0.5) is 0 Å². The smallest absolute Gasteiger partial charge is 0.195 e. The summed E-state index contributed by atoms with van der Waals surface area (Å²) in [4.78, 5) is 12.9. The van der Waals surface area contributed by atoms with Crippen LogP contribution in [0.15, 0.2) is 48.5 Å². The van der Waals surface area contributed by atoms with Gasteiger partial charge in [0, 0.05) is 16.1 Å². The molecule has 0 aliphatic heterocycles. The Labute approximate surface area is 143 Å². The number of rotatable bonds is 5. The Morgan fingerprint density at radius 2 is 1.62 bits per heavy atom. The lowest BCUT2D eigenvalue weighted by molar-refractivity contribution is 0.103. The van der Waals surface area contributed by atoms with Crippen LogP contribution in [0.5, 0.6) is 0 Å². The van der Waals surface area contributed by atoms with Crippen molar-refractivity contribution in [2.75, 3.05) is 0 Å². The number of carbonyl (C=O) groups is 1. The van der Waals surface area contributed by atoms with Crippen molar-refractivity contribution in [1.82, 2.24) is 14.8 Å². The molecule has 0 amide bonds. The second kappa shape index (κ2) is 6.92. The maximum Gasteiger partial charge on any atom is 0.195 e. The van der Waals surface area contributed by atoms with Gasteiger partial charge in [0.05, 0.1) is 5.69 Å². The number of aliphatic hydroxyl groups excluding tert-OH is 2. The number of nitrogens with zero attached hydrogens (tertiary/aromatic N) is 3. The number of hydrogen-bond donors (Lipinski definition) is 2. The molecule has 0 unspecified atom stereocenters. The summed E-state index contributed by atoms with van der Waals surface area (Å²) >= 11 is 6.07. The summed E-state index contributed by atoms with van der Waals surface area (Å²) in [5, 5.41) is 27.0. The zero-order chi connectivity index (χ0) is 17.1. The SMILES string of the molecule is O=C(c1ccccc1)c1cc(Cl)ccc1-n1c(CO)nnc1CO. The minimum absolute atomic E-state index is 0.225. The fourth-order valence-electron chi connectivity index (χ4n) is 2.47. The fraction of sp³-hybridized carbons (Fsp3) is 0.118. The van der Waals surface area contributed by atoms with Crippen molar-refractivity contribution in [3.63, 3.8) is 0 Å². The van der Waals surface area contributed by atoms with Crippen molar-refractivity contribution in [3.8, 4) is 5.69 Å². The van der Waals surface area contributed by atoms with Gasteiger partial charge >= 0.3 is 0 Å². The molecule has 0 radical (unpaired) electrons. The highest BCUT2D eigenvalue weighted by Gasteiger charge is 2.20. The van der Waals surface area contributed by atoms with Crippen LogP contribution >= 0.6 is 11.6 Å². The van der Waals surface area contributed by atoms with Crippen LogP contribution in [0.3, 0.4) is 0 Å². The summed E-state index contributed by atoms with van der Waals surface area (Å²) in [6.45, 7) is -0.761. The first-order chi connectivity index (χ1) is 11.7. The van der Waals surface area contributed by atoms with E-state index in [1.54, 1.807) is 42.5 Å². The number of ketones is 1. The molecule has 0 aliphatic carbocycles. The summed E-state index contributed by atoms with van der Waals surface area (Å²) < 4.78 is 1.46. The van der Waals surface area contributed by atoms with E-state index in [1.165, 1.54) is 4.57 Å². The minimum Gasteiger partial charge on any atom is -0.388 e. The molecule has 6 nitrogen and oxygen atoms in total. The highest BCUT2D eigenvalue weighted by atomic mass is 35.5. The number of benzene rings is 2. The fourth-order valence-corrected chi connectivity index (χ4v) is 2.64. The van der Waals surface area contributed by atoms with Gasteiger partial charge < -0.3 is 10.2 Å². The number of carbonyl (C=O) groups excluding carboxylic acids is 1. The predicted octanol–water partition coefficient (Wildman–Crippen LogP) is 2.14. The molecule has 1 heterocycles. The average Bonchev–Trinajstić information content (AvgIpc) is 3.04. The molecule has 2 N–H and O–H groups in total. The van der Waals surface area contributed by atoms with Crippen molar-refractivity contribution >= 4 is 17.4 Å². The largest absolute Gasteiger partial charge is 0.388 e. The third-order valence-electron chi connectivity index (χ3n) is 3.56. The molecule has 0 saturated heterocycles. The Kier molecular flexibility index (Phi) is 4.71. The van der Waals surface area contributed by atoms with E-state index in [0.717, 1.165) is 0 Å². The number of aliphatic hydroxyl groups is 2. The normalized spacial score (nSPS) is 10.8. The van der Waals surface area contributed by atoms with Gasteiger partial charge in [0.15, 0.2) is 17.4 Å². The first-order valence-electron chi connectivity index (χ1n) is 7.20. The van der Waals surface area contributed by atoms with E-state index in [0.29, 0.717) is 21.8 Å². The summed E-state index contributed by atoms with van der Waals surface area (Å²) in [6, 6.07) is 13.6. The lowest BCUT2D eigenvalue weighted by atomic mass is 10.0. The molecule has 0 spiro atoms. The standard InChI is InChI=1S/C17H14ClN3O3/c18-12-6-7-14(21-15(9-22)19-20-16(21)10-23)13(8-12)17(24)11-4-2-1-3-5-11/h1-8,22-23H,9-10H2. The Morgan fingerprint density at radius 3 is 2.21 bits per heavy atom. The van der Waals surface area contributed by atoms with Crippen LogP contribution in [0.2, 0.25) is 5.02 Å². The second-order valence-electron chi connectivity index (χ2n) is 5.04. The minimum atomic E-state index is -0.380. The van der Waals surface area contributed by atoms with Crippen molar-refractivity contribution in [3.05, 3.63) is 76.3 Å². The van der Waals surface area contributed by atoms with Crippen LogP contribution in [-0.2, 0) is 13.2 Å². The van der Waals surface area contributed by atoms with Gasteiger partial charge in [-0.25, -0.2) is 0 Å².